The Labute approximate surface area is 148 Å². The van der Waals surface area contributed by atoms with Crippen molar-refractivity contribution in [2.45, 2.75) is 44.6 Å². The Balaban J connectivity index is 1.66. The summed E-state index contributed by atoms with van der Waals surface area (Å²) in [4.78, 5) is 14.9. The van der Waals surface area contributed by atoms with Gasteiger partial charge in [0.25, 0.3) is 0 Å². The number of amides is 1. The summed E-state index contributed by atoms with van der Waals surface area (Å²) in [5, 5.41) is 7.02. The number of nitrogens with one attached hydrogen (secondary N) is 1. The highest BCUT2D eigenvalue weighted by Gasteiger charge is 2.37. The number of carbonyl (C=O) groups excluding carboxylic acids is 1. The van der Waals surface area contributed by atoms with Gasteiger partial charge in [-0.15, -0.1) is 0 Å². The van der Waals surface area contributed by atoms with Crippen LogP contribution in [0.5, 0.6) is 0 Å². The molecule has 1 atom stereocenters. The highest BCUT2D eigenvalue weighted by molar-refractivity contribution is 7.89. The molecule has 1 aromatic heterocycles. The quantitative estimate of drug-likeness (QED) is 0.833. The van der Waals surface area contributed by atoms with Crippen molar-refractivity contribution in [1.82, 2.24) is 19.7 Å². The normalized spacial score (nSPS) is 23.8. The van der Waals surface area contributed by atoms with Crippen LogP contribution in [0, 0.1) is 19.8 Å². The zero-order valence-electron chi connectivity index (χ0n) is 15.0. The first-order valence-corrected chi connectivity index (χ1v) is 10.2. The summed E-state index contributed by atoms with van der Waals surface area (Å²) < 4.78 is 32.1. The fraction of sp³-hybridized carbons (Fsp3) is 0.750. The molecule has 0 aliphatic carbocycles. The number of aryl methyl sites for hydroxylation is 2. The van der Waals surface area contributed by atoms with Crippen LogP contribution < -0.4 is 5.32 Å². The fourth-order valence-corrected chi connectivity index (χ4v) is 5.48. The second kappa shape index (κ2) is 7.05. The maximum Gasteiger partial charge on any atom is 0.248 e. The van der Waals surface area contributed by atoms with Crippen molar-refractivity contribution in [3.63, 3.8) is 0 Å². The summed E-state index contributed by atoms with van der Waals surface area (Å²) in [6.45, 7) is 8.33. The molecule has 8 nitrogen and oxygen atoms in total. The van der Waals surface area contributed by atoms with E-state index in [9.17, 15) is 13.2 Å². The summed E-state index contributed by atoms with van der Waals surface area (Å²) in [7, 11) is -3.62. The summed E-state index contributed by atoms with van der Waals surface area (Å²) in [5.74, 6) is 0.366. The minimum absolute atomic E-state index is 0.100. The van der Waals surface area contributed by atoms with Gasteiger partial charge in [0, 0.05) is 44.7 Å². The van der Waals surface area contributed by atoms with Gasteiger partial charge in [-0.3, -0.25) is 4.79 Å². The molecular formula is C16H26N4O4S. The first-order chi connectivity index (χ1) is 11.8. The first-order valence-electron chi connectivity index (χ1n) is 8.76. The van der Waals surface area contributed by atoms with Gasteiger partial charge < -0.3 is 14.7 Å². The summed E-state index contributed by atoms with van der Waals surface area (Å²) in [6.07, 6.45) is 1.11. The van der Waals surface area contributed by atoms with Gasteiger partial charge in [0.05, 0.1) is 0 Å². The van der Waals surface area contributed by atoms with E-state index in [0.717, 1.165) is 19.6 Å². The molecule has 9 heteroatoms. The number of aromatic nitrogens is 1. The van der Waals surface area contributed by atoms with Gasteiger partial charge in [-0.1, -0.05) is 5.16 Å². The Morgan fingerprint density at radius 2 is 1.92 bits per heavy atom. The Morgan fingerprint density at radius 1 is 1.24 bits per heavy atom. The van der Waals surface area contributed by atoms with Gasteiger partial charge in [-0.05, 0) is 33.6 Å². The molecule has 2 fully saturated rings. The second-order valence-electron chi connectivity index (χ2n) is 6.92. The van der Waals surface area contributed by atoms with Gasteiger partial charge in [0.2, 0.25) is 15.9 Å². The van der Waals surface area contributed by atoms with Crippen LogP contribution >= 0.6 is 0 Å². The fourth-order valence-electron chi connectivity index (χ4n) is 3.72. The highest BCUT2D eigenvalue weighted by Crippen LogP contribution is 2.28. The van der Waals surface area contributed by atoms with E-state index in [0.29, 0.717) is 37.4 Å². The van der Waals surface area contributed by atoms with Crippen LogP contribution in [-0.4, -0.2) is 67.5 Å². The van der Waals surface area contributed by atoms with Crippen LogP contribution in [0.3, 0.4) is 0 Å². The molecule has 0 aromatic carbocycles. The van der Waals surface area contributed by atoms with Crippen molar-refractivity contribution in [1.29, 1.82) is 0 Å². The van der Waals surface area contributed by atoms with Gasteiger partial charge in [0.15, 0.2) is 5.76 Å². The number of nitrogens with zero attached hydrogens (tertiary/aromatic N) is 3. The molecule has 0 spiro atoms. The molecule has 1 N–H and O–H groups in total. The Morgan fingerprint density at radius 3 is 2.48 bits per heavy atom. The standard InChI is InChI=1S/C16H26N4O4S/c1-11-10-17-6-9-20(11)16(21)14-4-7-19(8-5-14)25(22,23)15-12(2)18-24-13(15)3/h11,14,17H,4-10H2,1-3H3/t11-/m1/s1. The lowest BCUT2D eigenvalue weighted by molar-refractivity contribution is -0.139. The number of hydrogen-bond donors (Lipinski definition) is 1. The van der Waals surface area contributed by atoms with Crippen molar-refractivity contribution >= 4 is 15.9 Å². The number of carbonyl (C=O) groups is 1. The molecule has 3 rings (SSSR count). The van der Waals surface area contributed by atoms with E-state index in [1.165, 1.54) is 4.31 Å². The van der Waals surface area contributed by atoms with E-state index in [1.54, 1.807) is 13.8 Å². The average molecular weight is 370 g/mol. The molecule has 2 saturated heterocycles. The topological polar surface area (TPSA) is 95.8 Å². The monoisotopic (exact) mass is 370 g/mol. The second-order valence-corrected chi connectivity index (χ2v) is 8.79. The minimum Gasteiger partial charge on any atom is -0.360 e. The number of sulfonamides is 1. The molecule has 140 valence electrons. The summed E-state index contributed by atoms with van der Waals surface area (Å²) >= 11 is 0. The molecule has 1 amide bonds. The molecule has 0 bridgehead atoms. The molecule has 2 aliphatic heterocycles. The lowest BCUT2D eigenvalue weighted by atomic mass is 9.95. The Bertz CT molecular complexity index is 718. The molecule has 2 aliphatic rings. The number of piperazine rings is 1. The maximum absolute atomic E-state index is 12.8. The van der Waals surface area contributed by atoms with Gasteiger partial charge >= 0.3 is 0 Å². The van der Waals surface area contributed by atoms with Crippen LogP contribution in [0.2, 0.25) is 0 Å². The number of hydrogen-bond acceptors (Lipinski definition) is 6. The average Bonchev–Trinajstić information content (AvgIpc) is 2.94. The molecule has 0 saturated carbocycles. The van der Waals surface area contributed by atoms with Gasteiger partial charge in [0.1, 0.15) is 10.6 Å². The molecular weight excluding hydrogens is 344 g/mol. The molecule has 1 aromatic rings. The van der Waals surface area contributed by atoms with E-state index in [2.05, 4.69) is 10.5 Å². The highest BCUT2D eigenvalue weighted by atomic mass is 32.2. The maximum atomic E-state index is 12.8. The van der Waals surface area contributed by atoms with Crippen molar-refractivity contribution in [3.8, 4) is 0 Å². The Kier molecular flexibility index (Phi) is 5.17. The third kappa shape index (κ3) is 3.45. The smallest absolute Gasteiger partial charge is 0.248 e. The van der Waals surface area contributed by atoms with Crippen molar-refractivity contribution in [2.24, 2.45) is 5.92 Å². The summed E-state index contributed by atoms with van der Waals surface area (Å²) in [6, 6.07) is 0.185. The van der Waals surface area contributed by atoms with E-state index in [-0.39, 0.29) is 22.8 Å². The molecule has 3 heterocycles. The predicted octanol–water partition coefficient (Wildman–Crippen LogP) is 0.512. The summed E-state index contributed by atoms with van der Waals surface area (Å²) in [5.41, 5.74) is 0.380. The Hall–Kier alpha value is -1.45. The number of piperidine rings is 1. The van der Waals surface area contributed by atoms with Crippen LogP contribution in [0.25, 0.3) is 0 Å². The van der Waals surface area contributed by atoms with Crippen molar-refractivity contribution < 1.29 is 17.7 Å². The van der Waals surface area contributed by atoms with E-state index < -0.39 is 10.0 Å². The molecule has 0 radical (unpaired) electrons. The van der Waals surface area contributed by atoms with Crippen molar-refractivity contribution in [2.75, 3.05) is 32.7 Å². The van der Waals surface area contributed by atoms with Crippen LogP contribution in [0.1, 0.15) is 31.2 Å². The number of rotatable bonds is 3. The predicted molar refractivity (Wildman–Crippen MR) is 91.5 cm³/mol. The molecule has 25 heavy (non-hydrogen) atoms. The third-order valence-electron chi connectivity index (χ3n) is 5.15. The SMILES string of the molecule is Cc1noc(C)c1S(=O)(=O)N1CCC(C(=O)N2CCNC[C@H]2C)CC1. The minimum atomic E-state index is -3.62. The van der Waals surface area contributed by atoms with E-state index in [1.807, 2.05) is 11.8 Å². The lowest BCUT2D eigenvalue weighted by Crippen LogP contribution is -2.55. The zero-order chi connectivity index (χ0) is 18.2. The van der Waals surface area contributed by atoms with Crippen LogP contribution in [0.4, 0.5) is 0 Å². The van der Waals surface area contributed by atoms with Crippen LogP contribution in [-0.2, 0) is 14.8 Å². The zero-order valence-corrected chi connectivity index (χ0v) is 15.8. The van der Waals surface area contributed by atoms with E-state index >= 15 is 0 Å². The first kappa shape index (κ1) is 18.3. The van der Waals surface area contributed by atoms with Crippen LogP contribution in [0.15, 0.2) is 9.42 Å². The van der Waals surface area contributed by atoms with E-state index in [4.69, 9.17) is 4.52 Å². The third-order valence-corrected chi connectivity index (χ3v) is 7.30. The molecule has 0 unspecified atom stereocenters. The van der Waals surface area contributed by atoms with Gasteiger partial charge in [-0.2, -0.15) is 4.31 Å². The van der Waals surface area contributed by atoms with Crippen molar-refractivity contribution in [3.05, 3.63) is 11.5 Å². The van der Waals surface area contributed by atoms with Gasteiger partial charge in [-0.25, -0.2) is 8.42 Å². The lowest BCUT2D eigenvalue weighted by Gasteiger charge is -2.38. The largest absolute Gasteiger partial charge is 0.360 e.